The van der Waals surface area contributed by atoms with Crippen LogP contribution in [0.2, 0.25) is 0 Å². The van der Waals surface area contributed by atoms with Gasteiger partial charge in [0.25, 0.3) is 0 Å². The summed E-state index contributed by atoms with van der Waals surface area (Å²) in [6.45, 7) is 2.70. The van der Waals surface area contributed by atoms with E-state index >= 15 is 0 Å². The molecule has 0 bridgehead atoms. The summed E-state index contributed by atoms with van der Waals surface area (Å²) in [7, 11) is 0. The Kier molecular flexibility index (Phi) is 4.71. The van der Waals surface area contributed by atoms with E-state index in [1.54, 1.807) is 6.92 Å². The topological polar surface area (TPSA) is 128 Å². The molecule has 7 nitrogen and oxygen atoms in total. The number of carbonyl (C=O) groups is 3. The lowest BCUT2D eigenvalue weighted by Crippen LogP contribution is -2.20. The Balaban J connectivity index is 3.35. The van der Waals surface area contributed by atoms with Crippen molar-refractivity contribution in [1.29, 1.82) is 0 Å². The molecule has 19 heavy (non-hydrogen) atoms. The maximum Gasteiger partial charge on any atom is 0.225 e. The SMILES string of the molecule is CCC(=O)Nc1ncc(C(=O)CN)c(C(C)=O)c1N. The van der Waals surface area contributed by atoms with E-state index < -0.39 is 5.78 Å². The van der Waals surface area contributed by atoms with E-state index in [9.17, 15) is 14.4 Å². The number of carbonyl (C=O) groups excluding carboxylic acids is 3. The molecule has 1 amide bonds. The van der Waals surface area contributed by atoms with Crippen LogP contribution in [0.5, 0.6) is 0 Å². The first-order valence-corrected chi connectivity index (χ1v) is 5.74. The monoisotopic (exact) mass is 264 g/mol. The average Bonchev–Trinajstić information content (AvgIpc) is 2.39. The number of hydrogen-bond acceptors (Lipinski definition) is 6. The molecule has 0 aliphatic heterocycles. The van der Waals surface area contributed by atoms with Gasteiger partial charge in [0, 0.05) is 12.6 Å². The third-order valence-electron chi connectivity index (χ3n) is 2.53. The van der Waals surface area contributed by atoms with Gasteiger partial charge in [-0.3, -0.25) is 14.4 Å². The van der Waals surface area contributed by atoms with Crippen LogP contribution < -0.4 is 16.8 Å². The molecule has 0 spiro atoms. The van der Waals surface area contributed by atoms with Gasteiger partial charge in [0.05, 0.1) is 23.4 Å². The molecule has 1 heterocycles. The number of hydrogen-bond donors (Lipinski definition) is 3. The van der Waals surface area contributed by atoms with E-state index in [0.717, 1.165) is 0 Å². The molecule has 1 aromatic heterocycles. The van der Waals surface area contributed by atoms with Gasteiger partial charge in [0.2, 0.25) is 5.91 Å². The van der Waals surface area contributed by atoms with Gasteiger partial charge >= 0.3 is 0 Å². The minimum Gasteiger partial charge on any atom is -0.395 e. The van der Waals surface area contributed by atoms with Gasteiger partial charge in [0.1, 0.15) is 0 Å². The average molecular weight is 264 g/mol. The molecule has 0 unspecified atom stereocenters. The van der Waals surface area contributed by atoms with E-state index in [1.165, 1.54) is 13.1 Å². The number of rotatable bonds is 5. The van der Waals surface area contributed by atoms with Crippen molar-refractivity contribution in [1.82, 2.24) is 4.98 Å². The molecule has 1 rings (SSSR count). The number of pyridine rings is 1. The van der Waals surface area contributed by atoms with Gasteiger partial charge in [-0.2, -0.15) is 0 Å². The molecule has 0 aliphatic rings. The number of nitrogens with zero attached hydrogens (tertiary/aromatic N) is 1. The van der Waals surface area contributed by atoms with Crippen LogP contribution in [0.3, 0.4) is 0 Å². The molecule has 0 saturated carbocycles. The summed E-state index contributed by atoms with van der Waals surface area (Å²) in [6.07, 6.45) is 1.45. The van der Waals surface area contributed by atoms with Gasteiger partial charge in [0.15, 0.2) is 17.4 Å². The highest BCUT2D eigenvalue weighted by molar-refractivity contribution is 6.13. The summed E-state index contributed by atoms with van der Waals surface area (Å²) < 4.78 is 0. The Morgan fingerprint density at radius 3 is 2.47 bits per heavy atom. The van der Waals surface area contributed by atoms with Crippen LogP contribution in [0.4, 0.5) is 11.5 Å². The highest BCUT2D eigenvalue weighted by atomic mass is 16.2. The molecule has 102 valence electrons. The van der Waals surface area contributed by atoms with Crippen LogP contribution in [0.1, 0.15) is 41.0 Å². The third kappa shape index (κ3) is 3.14. The molecule has 0 saturated heterocycles. The number of amides is 1. The molecule has 0 aromatic carbocycles. The maximum absolute atomic E-state index is 11.6. The van der Waals surface area contributed by atoms with Crippen molar-refractivity contribution in [3.63, 3.8) is 0 Å². The van der Waals surface area contributed by atoms with Crippen LogP contribution in [-0.2, 0) is 4.79 Å². The van der Waals surface area contributed by atoms with Gasteiger partial charge < -0.3 is 16.8 Å². The Hall–Kier alpha value is -2.28. The van der Waals surface area contributed by atoms with Crippen molar-refractivity contribution < 1.29 is 14.4 Å². The lowest BCUT2D eigenvalue weighted by atomic mass is 10.0. The molecule has 0 radical (unpaired) electrons. The minimum atomic E-state index is -0.433. The first-order valence-electron chi connectivity index (χ1n) is 5.74. The third-order valence-corrected chi connectivity index (χ3v) is 2.53. The highest BCUT2D eigenvalue weighted by Gasteiger charge is 2.20. The Morgan fingerprint density at radius 1 is 1.37 bits per heavy atom. The summed E-state index contributed by atoms with van der Waals surface area (Å²) in [5, 5.41) is 2.47. The molecule has 0 atom stereocenters. The first-order chi connectivity index (χ1) is 8.92. The van der Waals surface area contributed by atoms with Gasteiger partial charge in [-0.25, -0.2) is 4.98 Å². The first kappa shape index (κ1) is 14.8. The Morgan fingerprint density at radius 2 is 2.00 bits per heavy atom. The number of anilines is 2. The second kappa shape index (κ2) is 6.05. The molecule has 5 N–H and O–H groups in total. The zero-order valence-corrected chi connectivity index (χ0v) is 10.8. The van der Waals surface area contributed by atoms with E-state index in [2.05, 4.69) is 10.3 Å². The largest absolute Gasteiger partial charge is 0.395 e. The molecule has 7 heteroatoms. The molecule has 0 fully saturated rings. The van der Waals surface area contributed by atoms with E-state index in [4.69, 9.17) is 11.5 Å². The van der Waals surface area contributed by atoms with Crippen molar-refractivity contribution in [2.45, 2.75) is 20.3 Å². The summed E-state index contributed by atoms with van der Waals surface area (Å²) in [6, 6.07) is 0. The van der Waals surface area contributed by atoms with Crippen LogP contribution in [0.25, 0.3) is 0 Å². The van der Waals surface area contributed by atoms with Crippen molar-refractivity contribution in [2.75, 3.05) is 17.6 Å². The van der Waals surface area contributed by atoms with Gasteiger partial charge in [-0.05, 0) is 6.92 Å². The zero-order valence-electron chi connectivity index (χ0n) is 10.8. The molecular formula is C12H16N4O3. The molecular weight excluding hydrogens is 248 g/mol. The Labute approximate surface area is 110 Å². The van der Waals surface area contributed by atoms with E-state index in [1.807, 2.05) is 0 Å². The quantitative estimate of drug-likeness (QED) is 0.658. The predicted molar refractivity (Wildman–Crippen MR) is 71.0 cm³/mol. The number of nitrogens with two attached hydrogens (primary N) is 2. The summed E-state index contributed by atoms with van der Waals surface area (Å²) >= 11 is 0. The number of nitrogens with one attached hydrogen (secondary N) is 1. The van der Waals surface area contributed by atoms with E-state index in [0.29, 0.717) is 0 Å². The normalized spacial score (nSPS) is 10.1. The van der Waals surface area contributed by atoms with Gasteiger partial charge in [-0.15, -0.1) is 0 Å². The van der Waals surface area contributed by atoms with Gasteiger partial charge in [-0.1, -0.05) is 6.92 Å². The lowest BCUT2D eigenvalue weighted by molar-refractivity contribution is -0.115. The fourth-order valence-electron chi connectivity index (χ4n) is 1.55. The second-order valence-electron chi connectivity index (χ2n) is 3.89. The number of Topliss-reactive ketones (excluding diaryl/α,β-unsaturated/α-hetero) is 2. The highest BCUT2D eigenvalue weighted by Crippen LogP contribution is 2.24. The zero-order chi connectivity index (χ0) is 14.6. The number of aromatic nitrogens is 1. The fourth-order valence-corrected chi connectivity index (χ4v) is 1.55. The van der Waals surface area contributed by atoms with E-state index in [-0.39, 0.29) is 47.3 Å². The fraction of sp³-hybridized carbons (Fsp3) is 0.333. The van der Waals surface area contributed by atoms with Crippen LogP contribution in [0.15, 0.2) is 6.20 Å². The summed E-state index contributed by atoms with van der Waals surface area (Å²) in [5.41, 5.74) is 11.1. The molecule has 0 aliphatic carbocycles. The number of nitrogen functional groups attached to an aromatic ring is 1. The van der Waals surface area contributed by atoms with Crippen molar-refractivity contribution in [3.8, 4) is 0 Å². The van der Waals surface area contributed by atoms with Crippen LogP contribution in [0, 0.1) is 0 Å². The standard InChI is InChI=1S/C12H16N4O3/c1-3-9(19)16-12-11(14)10(6(2)17)7(5-15-12)8(18)4-13/h5H,3-4,13-14H2,1-2H3,(H,15,16,19). The Bertz CT molecular complexity index is 540. The molecule has 1 aromatic rings. The smallest absolute Gasteiger partial charge is 0.225 e. The predicted octanol–water partition coefficient (Wildman–Crippen LogP) is 0.356. The van der Waals surface area contributed by atoms with Crippen molar-refractivity contribution in [2.24, 2.45) is 5.73 Å². The lowest BCUT2D eigenvalue weighted by Gasteiger charge is -2.12. The van der Waals surface area contributed by atoms with Crippen molar-refractivity contribution >= 4 is 29.0 Å². The second-order valence-corrected chi connectivity index (χ2v) is 3.89. The maximum atomic E-state index is 11.6. The van der Waals surface area contributed by atoms with Crippen LogP contribution in [-0.4, -0.2) is 29.0 Å². The van der Waals surface area contributed by atoms with Crippen molar-refractivity contribution in [3.05, 3.63) is 17.3 Å². The summed E-state index contributed by atoms with van der Waals surface area (Å²) in [4.78, 5) is 38.4. The number of ketones is 2. The summed E-state index contributed by atoms with van der Waals surface area (Å²) in [5.74, 6) is -1.03. The van der Waals surface area contributed by atoms with Crippen LogP contribution >= 0.6 is 0 Å². The minimum absolute atomic E-state index is 0.0198.